The first-order valence-electron chi connectivity index (χ1n) is 4.60. The molecule has 1 heterocycles. The summed E-state index contributed by atoms with van der Waals surface area (Å²) < 4.78 is 4.58. The predicted molar refractivity (Wildman–Crippen MR) is 63.1 cm³/mol. The van der Waals surface area contributed by atoms with Gasteiger partial charge in [0.25, 0.3) is 0 Å². The average molecular weight is 223 g/mol. The molecule has 15 heavy (non-hydrogen) atoms. The quantitative estimate of drug-likeness (QED) is 0.628. The number of allylic oxidation sites excluding steroid dienone is 1. The van der Waals surface area contributed by atoms with Crippen LogP contribution in [-0.4, -0.2) is 23.8 Å². The number of hydrogen-bond donors (Lipinski definition) is 1. The summed E-state index contributed by atoms with van der Waals surface area (Å²) in [4.78, 5) is 15.3. The molecule has 0 unspecified atom stereocenters. The zero-order valence-corrected chi connectivity index (χ0v) is 9.41. The van der Waals surface area contributed by atoms with Gasteiger partial charge in [0.15, 0.2) is 0 Å². The van der Waals surface area contributed by atoms with Crippen molar-refractivity contribution in [1.29, 1.82) is 0 Å². The number of hydrogen-bond acceptors (Lipinski definition) is 4. The molecule has 0 aromatic carbocycles. The number of rotatable bonds is 4. The van der Waals surface area contributed by atoms with Crippen molar-refractivity contribution in [2.75, 3.05) is 12.9 Å². The van der Waals surface area contributed by atoms with Gasteiger partial charge in [-0.1, -0.05) is 12.1 Å². The summed E-state index contributed by atoms with van der Waals surface area (Å²) in [5.41, 5.74) is 1.07. The minimum Gasteiger partial charge on any atom is -0.464 e. The summed E-state index contributed by atoms with van der Waals surface area (Å²) in [7, 11) is 1.34. The lowest BCUT2D eigenvalue weighted by Crippen LogP contribution is -2.04. The number of carbonyl (C=O) groups excluding carboxylic acids is 1. The first-order valence-corrected chi connectivity index (χ1v) is 5.24. The molecule has 0 saturated carbocycles. The van der Waals surface area contributed by atoms with Crippen molar-refractivity contribution >= 4 is 24.7 Å². The van der Waals surface area contributed by atoms with Gasteiger partial charge in [0.2, 0.25) is 0 Å². The van der Waals surface area contributed by atoms with Gasteiger partial charge in [0.1, 0.15) is 5.69 Å². The van der Waals surface area contributed by atoms with Crippen LogP contribution in [0.1, 0.15) is 22.6 Å². The molecule has 4 heteroatoms. The number of methoxy groups -OCH3 is 1. The Morgan fingerprint density at radius 2 is 2.40 bits per heavy atom. The summed E-state index contributed by atoms with van der Waals surface area (Å²) in [6, 6.07) is 5.24. The minimum atomic E-state index is -0.417. The van der Waals surface area contributed by atoms with E-state index in [4.69, 9.17) is 0 Å². The second-order valence-electron chi connectivity index (χ2n) is 2.85. The van der Waals surface area contributed by atoms with Crippen LogP contribution in [0.3, 0.4) is 0 Å². The zero-order valence-electron chi connectivity index (χ0n) is 8.51. The molecule has 0 fully saturated rings. The van der Waals surface area contributed by atoms with Crippen molar-refractivity contribution in [3.8, 4) is 0 Å². The summed E-state index contributed by atoms with van der Waals surface area (Å²) in [6.45, 7) is 0. The van der Waals surface area contributed by atoms with Gasteiger partial charge in [-0.15, -0.1) is 0 Å². The number of thiol groups is 1. The highest BCUT2D eigenvalue weighted by atomic mass is 32.1. The van der Waals surface area contributed by atoms with Crippen LogP contribution in [0.4, 0.5) is 0 Å². The van der Waals surface area contributed by atoms with E-state index in [2.05, 4.69) is 22.3 Å². The molecule has 1 aromatic heterocycles. The van der Waals surface area contributed by atoms with Crippen molar-refractivity contribution in [2.45, 2.75) is 6.42 Å². The maximum atomic E-state index is 11.2. The Kier molecular flexibility index (Phi) is 4.90. The van der Waals surface area contributed by atoms with E-state index in [1.165, 1.54) is 7.11 Å². The van der Waals surface area contributed by atoms with Crippen molar-refractivity contribution in [3.05, 3.63) is 35.7 Å². The molecule has 1 aromatic rings. The lowest BCUT2D eigenvalue weighted by Gasteiger charge is -1.98. The van der Waals surface area contributed by atoms with E-state index in [0.29, 0.717) is 5.69 Å². The highest BCUT2D eigenvalue weighted by Gasteiger charge is 2.05. The van der Waals surface area contributed by atoms with E-state index < -0.39 is 5.97 Å². The second kappa shape index (κ2) is 6.24. The second-order valence-corrected chi connectivity index (χ2v) is 3.30. The van der Waals surface area contributed by atoms with Gasteiger partial charge in [-0.05, 0) is 30.4 Å². The van der Waals surface area contributed by atoms with Gasteiger partial charge in [0.05, 0.1) is 12.8 Å². The van der Waals surface area contributed by atoms with E-state index in [9.17, 15) is 4.79 Å². The van der Waals surface area contributed by atoms with Crippen LogP contribution >= 0.6 is 12.6 Å². The average Bonchev–Trinajstić information content (AvgIpc) is 2.29. The number of aromatic nitrogens is 1. The molecule has 0 aliphatic carbocycles. The number of ether oxygens (including phenoxy) is 1. The molecule has 0 atom stereocenters. The third-order valence-corrected chi connectivity index (χ3v) is 2.01. The number of nitrogens with zero attached hydrogens (tertiary/aromatic N) is 1. The molecule has 0 N–H and O–H groups in total. The maximum Gasteiger partial charge on any atom is 0.356 e. The third kappa shape index (κ3) is 3.75. The van der Waals surface area contributed by atoms with Crippen LogP contribution in [0.15, 0.2) is 24.3 Å². The molecule has 3 nitrogen and oxygen atoms in total. The molecule has 0 bridgehead atoms. The van der Waals surface area contributed by atoms with Crippen LogP contribution in [0.2, 0.25) is 0 Å². The molecule has 0 aliphatic heterocycles. The summed E-state index contributed by atoms with van der Waals surface area (Å²) in [5.74, 6) is 0.382. The van der Waals surface area contributed by atoms with Crippen molar-refractivity contribution in [2.24, 2.45) is 0 Å². The van der Waals surface area contributed by atoms with Gasteiger partial charge >= 0.3 is 5.97 Å². The summed E-state index contributed by atoms with van der Waals surface area (Å²) in [6.07, 6.45) is 4.71. The minimum absolute atomic E-state index is 0.325. The van der Waals surface area contributed by atoms with Crippen LogP contribution in [0.5, 0.6) is 0 Å². The molecule has 0 aliphatic rings. The Balaban J connectivity index is 2.78. The molecular weight excluding hydrogens is 210 g/mol. The lowest BCUT2D eigenvalue weighted by molar-refractivity contribution is 0.0594. The van der Waals surface area contributed by atoms with Gasteiger partial charge in [-0.2, -0.15) is 12.6 Å². The van der Waals surface area contributed by atoms with Gasteiger partial charge in [-0.3, -0.25) is 0 Å². The first kappa shape index (κ1) is 11.8. The summed E-state index contributed by atoms with van der Waals surface area (Å²) >= 11 is 4.09. The molecular formula is C11H13NO2S. The van der Waals surface area contributed by atoms with Crippen LogP contribution in [0, 0.1) is 0 Å². The Morgan fingerprint density at radius 3 is 3.07 bits per heavy atom. The van der Waals surface area contributed by atoms with Gasteiger partial charge in [0, 0.05) is 0 Å². The molecule has 1 rings (SSSR count). The standard InChI is InChI=1S/C11H13NO2S/c1-14-11(13)10-7-4-6-9(12-10)5-2-3-8-15/h2,4-7,15H,3,8H2,1H3. The van der Waals surface area contributed by atoms with Crippen molar-refractivity contribution in [1.82, 2.24) is 4.98 Å². The topological polar surface area (TPSA) is 39.2 Å². The third-order valence-electron chi connectivity index (χ3n) is 1.75. The number of esters is 1. The fourth-order valence-electron chi connectivity index (χ4n) is 1.04. The SMILES string of the molecule is COC(=O)c1cccc(C=CCCS)n1. The first-order chi connectivity index (χ1) is 7.27. The monoisotopic (exact) mass is 223 g/mol. The van der Waals surface area contributed by atoms with Crippen LogP contribution in [0.25, 0.3) is 6.08 Å². The van der Waals surface area contributed by atoms with Crippen molar-refractivity contribution < 1.29 is 9.53 Å². The zero-order chi connectivity index (χ0) is 11.1. The highest BCUT2D eigenvalue weighted by molar-refractivity contribution is 7.80. The number of pyridine rings is 1. The van der Waals surface area contributed by atoms with E-state index in [-0.39, 0.29) is 0 Å². The number of carbonyl (C=O) groups is 1. The van der Waals surface area contributed by atoms with Crippen LogP contribution < -0.4 is 0 Å². The van der Waals surface area contributed by atoms with E-state index in [1.807, 2.05) is 18.2 Å². The maximum absolute atomic E-state index is 11.2. The Labute approximate surface area is 94.6 Å². The smallest absolute Gasteiger partial charge is 0.356 e. The van der Waals surface area contributed by atoms with Gasteiger partial charge in [-0.25, -0.2) is 9.78 Å². The van der Waals surface area contributed by atoms with E-state index in [0.717, 1.165) is 17.9 Å². The molecule has 0 radical (unpaired) electrons. The Morgan fingerprint density at radius 1 is 1.60 bits per heavy atom. The predicted octanol–water partition coefficient (Wildman–Crippen LogP) is 2.20. The van der Waals surface area contributed by atoms with Crippen LogP contribution in [-0.2, 0) is 4.74 Å². The highest BCUT2D eigenvalue weighted by Crippen LogP contribution is 2.03. The summed E-state index contributed by atoms with van der Waals surface area (Å²) in [5, 5.41) is 0. The molecule has 0 spiro atoms. The Bertz CT molecular complexity index is 363. The fraction of sp³-hybridized carbons (Fsp3) is 0.273. The van der Waals surface area contributed by atoms with E-state index in [1.54, 1.807) is 12.1 Å². The lowest BCUT2D eigenvalue weighted by atomic mass is 10.2. The molecule has 0 amide bonds. The fourth-order valence-corrected chi connectivity index (χ4v) is 1.19. The molecule has 0 saturated heterocycles. The normalized spacial score (nSPS) is 10.5. The van der Waals surface area contributed by atoms with Crippen molar-refractivity contribution in [3.63, 3.8) is 0 Å². The van der Waals surface area contributed by atoms with E-state index >= 15 is 0 Å². The Hall–Kier alpha value is -1.29. The van der Waals surface area contributed by atoms with Gasteiger partial charge < -0.3 is 4.74 Å². The largest absolute Gasteiger partial charge is 0.464 e. The molecule has 80 valence electrons.